The first-order chi connectivity index (χ1) is 14.3. The molecule has 0 atom stereocenters. The minimum absolute atomic E-state index is 0.274. The number of nitrogens with zero attached hydrogens (tertiary/aromatic N) is 5. The topological polar surface area (TPSA) is 97.5 Å². The van der Waals surface area contributed by atoms with E-state index in [9.17, 15) is 18.0 Å². The summed E-state index contributed by atoms with van der Waals surface area (Å²) in [5.74, 6) is 0. The van der Waals surface area contributed by atoms with E-state index < -0.39 is 21.3 Å². The van der Waals surface area contributed by atoms with Crippen LogP contribution >= 0.6 is 22.7 Å². The Bertz CT molecular complexity index is 1270. The minimum atomic E-state index is -3.98. The highest BCUT2D eigenvalue weighted by atomic mass is 32.2. The predicted molar refractivity (Wildman–Crippen MR) is 116 cm³/mol. The van der Waals surface area contributed by atoms with Gasteiger partial charge in [0.25, 0.3) is 5.56 Å². The Hall–Kier alpha value is -2.12. The second kappa shape index (κ2) is 8.19. The number of aromatic nitrogens is 3. The second-order valence-corrected chi connectivity index (χ2v) is 10.6. The molecule has 0 saturated carbocycles. The number of rotatable bonds is 5. The molecule has 0 unspecified atom stereocenters. The van der Waals surface area contributed by atoms with Gasteiger partial charge in [0.15, 0.2) is 4.90 Å². The maximum absolute atomic E-state index is 13.0. The lowest BCUT2D eigenvalue weighted by Crippen LogP contribution is -2.50. The standard InChI is InChI=1S/C18H21N5O4S3/c1-20-10-15(17(24)21(2)18(20)25)30(26,27)23-6-4-22(5-7-23)9-14-12-29-16(19-14)13-3-8-28-11-13/h3,8,10-12H,4-7,9H2,1-2H3. The Morgan fingerprint density at radius 2 is 1.83 bits per heavy atom. The lowest BCUT2D eigenvalue weighted by atomic mass is 10.3. The number of piperazine rings is 1. The van der Waals surface area contributed by atoms with Crippen LogP contribution in [0.4, 0.5) is 0 Å². The summed E-state index contributed by atoms with van der Waals surface area (Å²) < 4.78 is 29.2. The Morgan fingerprint density at radius 1 is 1.10 bits per heavy atom. The van der Waals surface area contributed by atoms with Gasteiger partial charge in [-0.3, -0.25) is 14.3 Å². The molecular weight excluding hydrogens is 446 g/mol. The minimum Gasteiger partial charge on any atom is -0.302 e. The molecule has 30 heavy (non-hydrogen) atoms. The molecule has 1 saturated heterocycles. The zero-order chi connectivity index (χ0) is 21.5. The quantitative estimate of drug-likeness (QED) is 0.550. The molecule has 0 radical (unpaired) electrons. The molecule has 1 aliphatic rings. The number of hydrogen-bond donors (Lipinski definition) is 0. The number of thiophene rings is 1. The van der Waals surface area contributed by atoms with E-state index in [-0.39, 0.29) is 18.0 Å². The van der Waals surface area contributed by atoms with Crippen molar-refractivity contribution in [2.45, 2.75) is 11.4 Å². The molecule has 160 valence electrons. The van der Waals surface area contributed by atoms with Crippen molar-refractivity contribution in [3.63, 3.8) is 0 Å². The van der Waals surface area contributed by atoms with Crippen LogP contribution in [0.15, 0.2) is 42.9 Å². The van der Waals surface area contributed by atoms with Gasteiger partial charge in [-0.1, -0.05) is 0 Å². The summed E-state index contributed by atoms with van der Waals surface area (Å²) in [7, 11) is -1.27. The molecule has 4 rings (SSSR count). The number of aryl methyl sites for hydroxylation is 1. The van der Waals surface area contributed by atoms with Crippen molar-refractivity contribution in [1.29, 1.82) is 0 Å². The zero-order valence-corrected chi connectivity index (χ0v) is 19.0. The molecule has 12 heteroatoms. The van der Waals surface area contributed by atoms with Crippen molar-refractivity contribution in [2.24, 2.45) is 14.1 Å². The molecule has 0 N–H and O–H groups in total. The highest BCUT2D eigenvalue weighted by Gasteiger charge is 2.31. The summed E-state index contributed by atoms with van der Waals surface area (Å²) in [5.41, 5.74) is 0.716. The lowest BCUT2D eigenvalue weighted by Gasteiger charge is -2.33. The number of hydrogen-bond acceptors (Lipinski definition) is 8. The van der Waals surface area contributed by atoms with Crippen LogP contribution in [0.5, 0.6) is 0 Å². The van der Waals surface area contributed by atoms with E-state index in [1.165, 1.54) is 18.4 Å². The SMILES string of the molecule is Cn1cc(S(=O)(=O)N2CCN(Cc3csc(-c4ccsc4)n3)CC2)c(=O)n(C)c1=O. The van der Waals surface area contributed by atoms with Crippen LogP contribution in [0.1, 0.15) is 5.69 Å². The molecule has 0 spiro atoms. The largest absolute Gasteiger partial charge is 0.330 e. The zero-order valence-electron chi connectivity index (χ0n) is 16.5. The third-order valence-corrected chi connectivity index (χ3v) is 8.57. The smallest absolute Gasteiger partial charge is 0.302 e. The Balaban J connectivity index is 1.44. The van der Waals surface area contributed by atoms with E-state index in [4.69, 9.17) is 0 Å². The number of sulfonamides is 1. The molecule has 1 aliphatic heterocycles. The van der Waals surface area contributed by atoms with Gasteiger partial charge >= 0.3 is 5.69 Å². The van der Waals surface area contributed by atoms with Gasteiger partial charge in [-0.2, -0.15) is 15.6 Å². The van der Waals surface area contributed by atoms with Crippen molar-refractivity contribution in [3.05, 3.63) is 54.9 Å². The average molecular weight is 468 g/mol. The molecule has 0 amide bonds. The normalized spacial score (nSPS) is 16.2. The van der Waals surface area contributed by atoms with Gasteiger partial charge in [0.1, 0.15) is 5.01 Å². The molecular formula is C18H21N5O4S3. The van der Waals surface area contributed by atoms with Crippen molar-refractivity contribution in [3.8, 4) is 10.6 Å². The number of thiazole rings is 1. The van der Waals surface area contributed by atoms with Gasteiger partial charge in [0.2, 0.25) is 10.0 Å². The van der Waals surface area contributed by atoms with Crippen molar-refractivity contribution >= 4 is 32.7 Å². The Kier molecular flexibility index (Phi) is 5.77. The van der Waals surface area contributed by atoms with Crippen LogP contribution in [0.3, 0.4) is 0 Å². The van der Waals surface area contributed by atoms with Gasteiger partial charge in [0, 0.05) is 69.3 Å². The van der Waals surface area contributed by atoms with Crippen LogP contribution in [-0.4, -0.2) is 57.9 Å². The fourth-order valence-corrected chi connectivity index (χ4v) is 6.44. The Labute approximate surface area is 181 Å². The van der Waals surface area contributed by atoms with Gasteiger partial charge in [0.05, 0.1) is 5.69 Å². The van der Waals surface area contributed by atoms with Crippen molar-refractivity contribution in [1.82, 2.24) is 23.3 Å². The maximum atomic E-state index is 13.0. The summed E-state index contributed by atoms with van der Waals surface area (Å²) in [6, 6.07) is 2.04. The van der Waals surface area contributed by atoms with Gasteiger partial charge in [-0.15, -0.1) is 11.3 Å². The van der Waals surface area contributed by atoms with E-state index >= 15 is 0 Å². The third kappa shape index (κ3) is 3.93. The maximum Gasteiger partial charge on any atom is 0.330 e. The van der Waals surface area contributed by atoms with E-state index in [1.54, 1.807) is 22.7 Å². The molecule has 0 aliphatic carbocycles. The highest BCUT2D eigenvalue weighted by Crippen LogP contribution is 2.26. The fraction of sp³-hybridized carbons (Fsp3) is 0.389. The molecule has 3 aromatic heterocycles. The molecule has 1 fully saturated rings. The molecule has 3 aromatic rings. The summed E-state index contributed by atoms with van der Waals surface area (Å²) in [5, 5.41) is 7.10. The monoisotopic (exact) mass is 467 g/mol. The van der Waals surface area contributed by atoms with Crippen LogP contribution in [0.2, 0.25) is 0 Å². The lowest BCUT2D eigenvalue weighted by molar-refractivity contribution is 0.180. The summed E-state index contributed by atoms with van der Waals surface area (Å²) in [6.07, 6.45) is 1.10. The van der Waals surface area contributed by atoms with Crippen LogP contribution < -0.4 is 11.2 Å². The highest BCUT2D eigenvalue weighted by molar-refractivity contribution is 7.89. The average Bonchev–Trinajstić information content (AvgIpc) is 3.41. The van der Waals surface area contributed by atoms with Crippen LogP contribution in [0, 0.1) is 0 Å². The summed E-state index contributed by atoms with van der Waals surface area (Å²) >= 11 is 3.24. The van der Waals surface area contributed by atoms with Crippen LogP contribution in [0.25, 0.3) is 10.6 Å². The predicted octanol–water partition coefficient (Wildman–Crippen LogP) is 0.775. The van der Waals surface area contributed by atoms with Gasteiger partial charge < -0.3 is 4.57 Å². The summed E-state index contributed by atoms with van der Waals surface area (Å²) in [6.45, 7) is 2.27. The van der Waals surface area contributed by atoms with Gasteiger partial charge in [-0.25, -0.2) is 18.2 Å². The first-order valence-electron chi connectivity index (χ1n) is 9.23. The molecule has 0 bridgehead atoms. The van der Waals surface area contributed by atoms with Crippen molar-refractivity contribution in [2.75, 3.05) is 26.2 Å². The third-order valence-electron chi connectivity index (χ3n) is 5.07. The molecule has 9 nitrogen and oxygen atoms in total. The fourth-order valence-electron chi connectivity index (χ4n) is 3.35. The molecule has 0 aromatic carbocycles. The van der Waals surface area contributed by atoms with Crippen molar-refractivity contribution < 1.29 is 8.42 Å². The van der Waals surface area contributed by atoms with E-state index in [2.05, 4.69) is 15.3 Å². The van der Waals surface area contributed by atoms with Gasteiger partial charge in [-0.05, 0) is 11.4 Å². The first-order valence-corrected chi connectivity index (χ1v) is 12.5. The second-order valence-electron chi connectivity index (χ2n) is 7.09. The summed E-state index contributed by atoms with van der Waals surface area (Å²) in [4.78, 5) is 30.7. The van der Waals surface area contributed by atoms with Crippen LogP contribution in [-0.2, 0) is 30.7 Å². The van der Waals surface area contributed by atoms with E-state index in [0.717, 1.165) is 31.6 Å². The van der Waals surface area contributed by atoms with E-state index in [1.807, 2.05) is 16.8 Å². The Morgan fingerprint density at radius 3 is 2.50 bits per heavy atom. The first kappa shape index (κ1) is 21.1. The van der Waals surface area contributed by atoms with E-state index in [0.29, 0.717) is 19.6 Å². The molecule has 4 heterocycles.